The number of methoxy groups -OCH3 is 2. The van der Waals surface area contributed by atoms with Crippen LogP contribution in [0.4, 0.5) is 0 Å². The van der Waals surface area contributed by atoms with Crippen LogP contribution in [0.5, 0.6) is 11.5 Å². The van der Waals surface area contributed by atoms with Crippen molar-refractivity contribution in [2.24, 2.45) is 0 Å². The van der Waals surface area contributed by atoms with Gasteiger partial charge in [-0.05, 0) is 35.7 Å². The first kappa shape index (κ1) is 15.8. The Labute approximate surface area is 150 Å². The molecule has 0 atom stereocenters. The number of thiophene rings is 1. The molecule has 0 amide bonds. The van der Waals surface area contributed by atoms with E-state index in [1.54, 1.807) is 37.7 Å². The van der Waals surface area contributed by atoms with E-state index in [2.05, 4.69) is 10.1 Å². The van der Waals surface area contributed by atoms with Crippen LogP contribution in [0.1, 0.15) is 5.56 Å². The lowest BCUT2D eigenvalue weighted by Crippen LogP contribution is -2.23. The van der Waals surface area contributed by atoms with Crippen LogP contribution in [0.25, 0.3) is 21.7 Å². The molecule has 0 saturated carbocycles. The third kappa shape index (κ3) is 2.79. The van der Waals surface area contributed by atoms with Crippen molar-refractivity contribution in [3.8, 4) is 22.2 Å². The number of benzene rings is 1. The van der Waals surface area contributed by atoms with Crippen LogP contribution in [0.15, 0.2) is 40.5 Å². The second kappa shape index (κ2) is 6.30. The maximum absolute atomic E-state index is 12.6. The zero-order chi connectivity index (χ0) is 17.4. The molecule has 3 heterocycles. The Morgan fingerprint density at radius 1 is 1.20 bits per heavy atom. The normalized spacial score (nSPS) is 12.0. The summed E-state index contributed by atoms with van der Waals surface area (Å²) in [5.41, 5.74) is 0.571. The minimum atomic E-state index is -0.194. The number of hydrogen-bond acceptors (Lipinski definition) is 7. The topological polar surface area (TPSA) is 65.7 Å². The van der Waals surface area contributed by atoms with Gasteiger partial charge in [0.2, 0.25) is 4.96 Å². The van der Waals surface area contributed by atoms with Crippen molar-refractivity contribution in [2.45, 2.75) is 0 Å². The van der Waals surface area contributed by atoms with Crippen molar-refractivity contribution < 1.29 is 9.47 Å². The summed E-state index contributed by atoms with van der Waals surface area (Å²) >= 11 is 2.84. The van der Waals surface area contributed by atoms with E-state index in [1.807, 2.05) is 29.6 Å². The molecule has 0 aliphatic carbocycles. The van der Waals surface area contributed by atoms with Crippen molar-refractivity contribution in [3.05, 3.63) is 56.2 Å². The van der Waals surface area contributed by atoms with Gasteiger partial charge >= 0.3 is 0 Å². The van der Waals surface area contributed by atoms with Crippen molar-refractivity contribution in [3.63, 3.8) is 0 Å². The molecular weight excluding hydrogens is 358 g/mol. The summed E-state index contributed by atoms with van der Waals surface area (Å²) in [5.74, 6) is 1.93. The number of rotatable bonds is 4. The van der Waals surface area contributed by atoms with Crippen molar-refractivity contribution >= 4 is 33.7 Å². The maximum Gasteiger partial charge on any atom is 0.291 e. The molecule has 6 nitrogen and oxygen atoms in total. The third-order valence-corrected chi connectivity index (χ3v) is 5.47. The molecule has 1 aromatic carbocycles. The molecule has 4 rings (SSSR count). The standard InChI is InChI=1S/C17H13N3O3S2/c1-22-11-5-6-12(23-2)10(8-11)9-14-16(21)20-17(25-14)18-15(19-20)13-4-3-7-24-13/h3-9H,1-2H3. The Kier molecular flexibility index (Phi) is 3.98. The van der Waals surface area contributed by atoms with Crippen molar-refractivity contribution in [1.82, 2.24) is 14.6 Å². The highest BCUT2D eigenvalue weighted by Gasteiger charge is 2.13. The largest absolute Gasteiger partial charge is 0.497 e. The summed E-state index contributed by atoms with van der Waals surface area (Å²) in [5, 5.41) is 6.29. The van der Waals surface area contributed by atoms with E-state index in [-0.39, 0.29) is 5.56 Å². The predicted molar refractivity (Wildman–Crippen MR) is 98.8 cm³/mol. The van der Waals surface area contributed by atoms with Crippen LogP contribution in [-0.2, 0) is 0 Å². The van der Waals surface area contributed by atoms with Gasteiger partial charge in [-0.1, -0.05) is 17.4 Å². The molecule has 4 aromatic rings. The van der Waals surface area contributed by atoms with Gasteiger partial charge in [0.25, 0.3) is 5.56 Å². The van der Waals surface area contributed by atoms with Gasteiger partial charge in [-0.25, -0.2) is 0 Å². The van der Waals surface area contributed by atoms with Crippen molar-refractivity contribution in [2.75, 3.05) is 14.2 Å². The monoisotopic (exact) mass is 371 g/mol. The molecular formula is C17H13N3O3S2. The van der Waals surface area contributed by atoms with E-state index in [0.717, 1.165) is 10.4 Å². The highest BCUT2D eigenvalue weighted by molar-refractivity contribution is 7.15. The molecule has 0 fully saturated rings. The molecule has 0 N–H and O–H groups in total. The molecule has 25 heavy (non-hydrogen) atoms. The van der Waals surface area contributed by atoms with E-state index in [9.17, 15) is 4.79 Å². The number of aromatic nitrogens is 3. The van der Waals surface area contributed by atoms with Crippen LogP contribution in [0.2, 0.25) is 0 Å². The number of thiazole rings is 1. The van der Waals surface area contributed by atoms with Crippen LogP contribution in [0.3, 0.4) is 0 Å². The highest BCUT2D eigenvalue weighted by atomic mass is 32.1. The van der Waals surface area contributed by atoms with E-state index in [4.69, 9.17) is 9.47 Å². The van der Waals surface area contributed by atoms with Gasteiger partial charge in [0.15, 0.2) is 5.82 Å². The van der Waals surface area contributed by atoms with Gasteiger partial charge in [0, 0.05) is 5.56 Å². The highest BCUT2D eigenvalue weighted by Crippen LogP contribution is 2.25. The molecule has 0 saturated heterocycles. The van der Waals surface area contributed by atoms with E-state index in [1.165, 1.54) is 15.9 Å². The minimum Gasteiger partial charge on any atom is -0.497 e. The van der Waals surface area contributed by atoms with E-state index >= 15 is 0 Å². The van der Waals surface area contributed by atoms with Gasteiger partial charge in [-0.2, -0.15) is 9.50 Å². The summed E-state index contributed by atoms with van der Waals surface area (Å²) in [6.07, 6.45) is 1.77. The lowest BCUT2D eigenvalue weighted by atomic mass is 10.2. The molecule has 0 aliphatic rings. The first-order valence-corrected chi connectivity index (χ1v) is 9.06. The quantitative estimate of drug-likeness (QED) is 0.551. The maximum atomic E-state index is 12.6. The number of nitrogens with zero attached hydrogens (tertiary/aromatic N) is 3. The number of ether oxygens (including phenoxy) is 2. The Hall–Kier alpha value is -2.71. The molecule has 0 bridgehead atoms. The van der Waals surface area contributed by atoms with Crippen molar-refractivity contribution in [1.29, 1.82) is 0 Å². The van der Waals surface area contributed by atoms with Gasteiger partial charge in [0.05, 0.1) is 23.6 Å². The zero-order valence-electron chi connectivity index (χ0n) is 13.4. The predicted octanol–water partition coefficient (Wildman–Crippen LogP) is 2.44. The molecule has 8 heteroatoms. The molecule has 126 valence electrons. The molecule has 0 unspecified atom stereocenters. The Morgan fingerprint density at radius 3 is 2.76 bits per heavy atom. The second-order valence-electron chi connectivity index (χ2n) is 5.13. The SMILES string of the molecule is COc1ccc(OC)c(C=c2sc3nc(-c4cccs4)nn3c2=O)c1. The lowest BCUT2D eigenvalue weighted by Gasteiger charge is -2.06. The average molecular weight is 371 g/mol. The summed E-state index contributed by atoms with van der Waals surface area (Å²) < 4.78 is 12.5. The lowest BCUT2D eigenvalue weighted by molar-refractivity contribution is 0.402. The first-order chi connectivity index (χ1) is 12.2. The average Bonchev–Trinajstić information content (AvgIpc) is 3.34. The number of hydrogen-bond donors (Lipinski definition) is 0. The summed E-state index contributed by atoms with van der Waals surface area (Å²) in [4.78, 5) is 18.6. The van der Waals surface area contributed by atoms with E-state index in [0.29, 0.717) is 26.8 Å². The minimum absolute atomic E-state index is 0.194. The van der Waals surface area contributed by atoms with Gasteiger partial charge in [-0.3, -0.25) is 4.79 Å². The first-order valence-electron chi connectivity index (χ1n) is 7.37. The van der Waals surface area contributed by atoms with Crippen LogP contribution >= 0.6 is 22.7 Å². The van der Waals surface area contributed by atoms with Crippen LogP contribution in [0, 0.1) is 0 Å². The second-order valence-corrected chi connectivity index (χ2v) is 7.09. The summed E-state index contributed by atoms with van der Waals surface area (Å²) in [7, 11) is 3.19. The zero-order valence-corrected chi connectivity index (χ0v) is 15.1. The fraction of sp³-hybridized carbons (Fsp3) is 0.118. The van der Waals surface area contributed by atoms with Gasteiger partial charge < -0.3 is 9.47 Å². The van der Waals surface area contributed by atoms with E-state index < -0.39 is 0 Å². The summed E-state index contributed by atoms with van der Waals surface area (Å²) in [6, 6.07) is 9.31. The summed E-state index contributed by atoms with van der Waals surface area (Å²) in [6.45, 7) is 0. The third-order valence-electron chi connectivity index (χ3n) is 3.65. The van der Waals surface area contributed by atoms with Gasteiger partial charge in [-0.15, -0.1) is 16.4 Å². The Balaban J connectivity index is 1.85. The molecule has 3 aromatic heterocycles. The molecule has 0 spiro atoms. The Bertz CT molecular complexity index is 1150. The molecule has 0 aliphatic heterocycles. The van der Waals surface area contributed by atoms with Gasteiger partial charge in [0.1, 0.15) is 11.5 Å². The fourth-order valence-corrected chi connectivity index (χ4v) is 3.99. The van der Waals surface area contributed by atoms with Crippen LogP contribution < -0.4 is 19.6 Å². The van der Waals surface area contributed by atoms with Crippen LogP contribution in [-0.4, -0.2) is 28.8 Å². The fourth-order valence-electron chi connectivity index (χ4n) is 2.44. The smallest absolute Gasteiger partial charge is 0.291 e. The molecule has 0 radical (unpaired) electrons. The number of fused-ring (bicyclic) bond motifs is 1. The Morgan fingerprint density at radius 2 is 2.08 bits per heavy atom.